The average Bonchev–Trinajstić information content (AvgIpc) is 2.92. The van der Waals surface area contributed by atoms with Crippen LogP contribution in [-0.4, -0.2) is 43.1 Å². The van der Waals surface area contributed by atoms with Crippen LogP contribution in [0.15, 0.2) is 12.3 Å². The highest BCUT2D eigenvalue weighted by molar-refractivity contribution is 6.33. The normalized spacial score (nSPS) is 20.9. The molecule has 11 heteroatoms. The molecule has 154 valence electrons. The number of halogens is 6. The maximum atomic E-state index is 12.7. The number of hydrogen-bond acceptors (Lipinski definition) is 4. The lowest BCUT2D eigenvalue weighted by molar-refractivity contribution is -0.137. The van der Waals surface area contributed by atoms with Crippen molar-refractivity contribution in [2.45, 2.75) is 25.6 Å². The Bertz CT molecular complexity index is 658. The second-order valence-electron chi connectivity index (χ2n) is 6.67. The largest absolute Gasteiger partial charge is 0.417 e. The van der Waals surface area contributed by atoms with Crippen LogP contribution >= 0.6 is 36.4 Å². The molecule has 0 saturated carbocycles. The van der Waals surface area contributed by atoms with E-state index in [1.54, 1.807) is 0 Å². The van der Waals surface area contributed by atoms with E-state index in [4.69, 9.17) is 11.6 Å². The summed E-state index contributed by atoms with van der Waals surface area (Å²) in [5.41, 5.74) is -0.867. The van der Waals surface area contributed by atoms with Gasteiger partial charge in [-0.05, 0) is 31.5 Å². The quantitative estimate of drug-likeness (QED) is 0.741. The summed E-state index contributed by atoms with van der Waals surface area (Å²) in [5.74, 6) is 0.652. The molecule has 27 heavy (non-hydrogen) atoms. The Morgan fingerprint density at radius 2 is 2.07 bits per heavy atom. The Balaban J connectivity index is 0.00000182. The Kier molecular flexibility index (Phi) is 8.47. The predicted molar refractivity (Wildman–Crippen MR) is 103 cm³/mol. The Labute approximate surface area is 173 Å². The molecule has 0 aliphatic carbocycles. The number of nitrogens with one attached hydrogen (secondary N) is 2. The number of aromatic nitrogens is 1. The number of pyridine rings is 1. The highest BCUT2D eigenvalue weighted by Gasteiger charge is 2.34. The second kappa shape index (κ2) is 9.49. The third kappa shape index (κ3) is 5.53. The number of hydrogen-bond donors (Lipinski definition) is 2. The van der Waals surface area contributed by atoms with Crippen molar-refractivity contribution in [2.75, 3.05) is 31.1 Å². The highest BCUT2D eigenvalue weighted by atomic mass is 35.5. The van der Waals surface area contributed by atoms with Gasteiger partial charge in [-0.1, -0.05) is 18.5 Å². The molecule has 2 aliphatic rings. The Morgan fingerprint density at radius 1 is 1.41 bits per heavy atom. The lowest BCUT2D eigenvalue weighted by Crippen LogP contribution is -2.51. The highest BCUT2D eigenvalue weighted by Crippen LogP contribution is 2.34. The minimum atomic E-state index is -4.47. The van der Waals surface area contributed by atoms with E-state index in [1.165, 1.54) is 0 Å². The second-order valence-corrected chi connectivity index (χ2v) is 7.08. The van der Waals surface area contributed by atoms with Crippen molar-refractivity contribution in [3.8, 4) is 0 Å². The van der Waals surface area contributed by atoms with Gasteiger partial charge in [-0.2, -0.15) is 13.2 Å². The molecule has 0 radical (unpaired) electrons. The third-order valence-corrected chi connectivity index (χ3v) is 5.20. The first-order valence-corrected chi connectivity index (χ1v) is 8.62. The molecule has 1 aromatic heterocycles. The van der Waals surface area contributed by atoms with Gasteiger partial charge in [0.15, 0.2) is 0 Å². The van der Waals surface area contributed by atoms with E-state index in [0.29, 0.717) is 31.2 Å². The number of carbonyl (C=O) groups is 1. The number of alkyl halides is 3. The summed E-state index contributed by atoms with van der Waals surface area (Å²) in [6, 6.07) is 0.838. The molecule has 2 fully saturated rings. The van der Waals surface area contributed by atoms with Crippen LogP contribution in [0.25, 0.3) is 0 Å². The molecule has 2 aliphatic heterocycles. The molecule has 3 rings (SSSR count). The standard InChI is InChI=1S/C16H20ClF3N4O.2ClH/c1-9(10-5-21-6-10)15(25)23-12-2-3-24(8-12)14-13(17)4-11(7-22-14)16(18,19)20;;/h4,7,9-10,12,21H,2-3,5-6,8H2,1H3,(H,23,25);2*1H. The molecule has 2 atom stereocenters. The number of carbonyl (C=O) groups excluding carboxylic acids is 1. The molecule has 3 heterocycles. The van der Waals surface area contributed by atoms with Crippen molar-refractivity contribution in [1.82, 2.24) is 15.6 Å². The SMILES string of the molecule is CC(C(=O)NC1CCN(c2ncc(C(F)(F)F)cc2Cl)C1)C1CNC1.Cl.Cl. The Hall–Kier alpha value is -0.960. The summed E-state index contributed by atoms with van der Waals surface area (Å²) < 4.78 is 38.1. The zero-order valence-corrected chi connectivity index (χ0v) is 16.9. The van der Waals surface area contributed by atoms with Crippen LogP contribution in [0.5, 0.6) is 0 Å². The molecule has 2 saturated heterocycles. The fourth-order valence-electron chi connectivity index (χ4n) is 3.10. The van der Waals surface area contributed by atoms with Crippen molar-refractivity contribution >= 4 is 48.1 Å². The molecular formula is C16H22Cl3F3N4O. The minimum Gasteiger partial charge on any atom is -0.353 e. The van der Waals surface area contributed by atoms with Gasteiger partial charge in [0.1, 0.15) is 5.82 Å². The van der Waals surface area contributed by atoms with Crippen LogP contribution in [0.4, 0.5) is 19.0 Å². The molecule has 5 nitrogen and oxygen atoms in total. The van der Waals surface area contributed by atoms with Crippen LogP contribution in [0.2, 0.25) is 5.02 Å². The van der Waals surface area contributed by atoms with Crippen LogP contribution < -0.4 is 15.5 Å². The number of rotatable bonds is 4. The summed E-state index contributed by atoms with van der Waals surface area (Å²) in [6.45, 7) is 4.70. The molecular weight excluding hydrogens is 428 g/mol. The van der Waals surface area contributed by atoms with E-state index >= 15 is 0 Å². The number of nitrogens with zero attached hydrogens (tertiary/aromatic N) is 2. The van der Waals surface area contributed by atoms with Gasteiger partial charge in [-0.3, -0.25) is 4.79 Å². The van der Waals surface area contributed by atoms with E-state index in [-0.39, 0.29) is 47.7 Å². The summed E-state index contributed by atoms with van der Waals surface area (Å²) in [5, 5.41) is 6.14. The van der Waals surface area contributed by atoms with Gasteiger partial charge in [-0.25, -0.2) is 4.98 Å². The molecule has 0 bridgehead atoms. The first kappa shape index (κ1) is 24.1. The van der Waals surface area contributed by atoms with E-state index in [0.717, 1.165) is 25.4 Å². The molecule has 1 amide bonds. The molecule has 1 aromatic rings. The van der Waals surface area contributed by atoms with E-state index < -0.39 is 11.7 Å². The zero-order chi connectivity index (χ0) is 18.2. The van der Waals surface area contributed by atoms with Crippen LogP contribution in [-0.2, 0) is 11.0 Å². The van der Waals surface area contributed by atoms with Crippen molar-refractivity contribution in [2.24, 2.45) is 11.8 Å². The topological polar surface area (TPSA) is 57.3 Å². The third-order valence-electron chi connectivity index (χ3n) is 4.92. The van der Waals surface area contributed by atoms with Crippen LogP contribution in [0, 0.1) is 11.8 Å². The molecule has 0 spiro atoms. The van der Waals surface area contributed by atoms with Gasteiger partial charge >= 0.3 is 6.18 Å². The maximum Gasteiger partial charge on any atom is 0.417 e. The van der Waals surface area contributed by atoms with Gasteiger partial charge in [-0.15, -0.1) is 24.8 Å². The summed E-state index contributed by atoms with van der Waals surface area (Å²) in [6.07, 6.45) is -2.97. The Morgan fingerprint density at radius 3 is 2.59 bits per heavy atom. The van der Waals surface area contributed by atoms with Crippen molar-refractivity contribution in [3.05, 3.63) is 22.8 Å². The first-order valence-electron chi connectivity index (χ1n) is 8.24. The van der Waals surface area contributed by atoms with Gasteiger partial charge < -0.3 is 15.5 Å². The summed E-state index contributed by atoms with van der Waals surface area (Å²) in [4.78, 5) is 18.0. The number of anilines is 1. The van der Waals surface area contributed by atoms with E-state index in [2.05, 4.69) is 15.6 Å². The smallest absolute Gasteiger partial charge is 0.353 e. The summed E-state index contributed by atoms with van der Waals surface area (Å²) >= 11 is 5.99. The van der Waals surface area contributed by atoms with Crippen molar-refractivity contribution < 1.29 is 18.0 Å². The van der Waals surface area contributed by atoms with Gasteiger partial charge in [0, 0.05) is 31.2 Å². The van der Waals surface area contributed by atoms with Crippen molar-refractivity contribution in [1.29, 1.82) is 0 Å². The fraction of sp³-hybridized carbons (Fsp3) is 0.625. The van der Waals surface area contributed by atoms with Crippen LogP contribution in [0.1, 0.15) is 18.9 Å². The van der Waals surface area contributed by atoms with Gasteiger partial charge in [0.05, 0.1) is 10.6 Å². The van der Waals surface area contributed by atoms with Crippen LogP contribution in [0.3, 0.4) is 0 Å². The van der Waals surface area contributed by atoms with Crippen molar-refractivity contribution in [3.63, 3.8) is 0 Å². The monoisotopic (exact) mass is 448 g/mol. The lowest BCUT2D eigenvalue weighted by atomic mass is 9.88. The van der Waals surface area contributed by atoms with Gasteiger partial charge in [0.2, 0.25) is 5.91 Å². The average molecular weight is 450 g/mol. The molecule has 0 aromatic carbocycles. The minimum absolute atomic E-state index is 0. The number of amides is 1. The van der Waals surface area contributed by atoms with E-state index in [9.17, 15) is 18.0 Å². The first-order chi connectivity index (χ1) is 11.8. The maximum absolute atomic E-state index is 12.7. The summed E-state index contributed by atoms with van der Waals surface area (Å²) in [7, 11) is 0. The van der Waals surface area contributed by atoms with E-state index in [1.807, 2.05) is 11.8 Å². The molecule has 2 N–H and O–H groups in total. The lowest BCUT2D eigenvalue weighted by Gasteiger charge is -2.32. The fourth-order valence-corrected chi connectivity index (χ4v) is 3.39. The molecule has 2 unspecified atom stereocenters. The predicted octanol–water partition coefficient (Wildman–Crippen LogP) is 3.15. The zero-order valence-electron chi connectivity index (χ0n) is 14.6. The van der Waals surface area contributed by atoms with Gasteiger partial charge in [0.25, 0.3) is 0 Å².